The zero-order chi connectivity index (χ0) is 57.2. The van der Waals surface area contributed by atoms with Crippen molar-refractivity contribution in [1.29, 1.82) is 0 Å². The van der Waals surface area contributed by atoms with E-state index >= 15 is 0 Å². The quantitative estimate of drug-likeness (QED) is 0.0388. The first kappa shape index (κ1) is 60.3. The smallest absolute Gasteiger partial charge is 0.344 e. The summed E-state index contributed by atoms with van der Waals surface area (Å²) in [6, 6.07) is 44.0. The summed E-state index contributed by atoms with van der Waals surface area (Å²) in [6.07, 6.45) is 25.4. The van der Waals surface area contributed by atoms with E-state index < -0.39 is 36.2 Å². The predicted molar refractivity (Wildman–Crippen MR) is 318 cm³/mol. The molecule has 9 rings (SSSR count). The summed E-state index contributed by atoms with van der Waals surface area (Å²) in [5.41, 5.74) is 8.22. The minimum absolute atomic E-state index is 0.103. The first-order valence-electron chi connectivity index (χ1n) is 28.6. The lowest BCUT2D eigenvalue weighted by Crippen LogP contribution is -2.29. The SMILES string of the molecule is Cc1c(OC(CCC2=CCCCC2)C(=O)O)c(=O)n(-c2ccccc2)n1C.O=C(O)C(CCC1=CCCCC1)Oc1ccc(/C=C/c2ccccc2)cc1.O=C(O)C(CCC1=CCCCC1)Oc1ccccc1OCc1ccccc1. The molecule has 13 nitrogen and oxygen atoms in total. The molecular weight excluding hydrogens is 1020 g/mol. The molecule has 1 heterocycles. The maximum absolute atomic E-state index is 12.9. The van der Waals surface area contributed by atoms with Crippen molar-refractivity contribution in [2.75, 3.05) is 0 Å². The highest BCUT2D eigenvalue weighted by atomic mass is 16.5. The van der Waals surface area contributed by atoms with Gasteiger partial charge in [0.2, 0.25) is 5.75 Å². The lowest BCUT2D eigenvalue weighted by Gasteiger charge is -2.19. The maximum Gasteiger partial charge on any atom is 0.344 e. The molecule has 3 aliphatic carbocycles. The van der Waals surface area contributed by atoms with Crippen LogP contribution < -0.4 is 24.5 Å². The Morgan fingerprint density at radius 2 is 0.951 bits per heavy atom. The molecule has 3 atom stereocenters. The highest BCUT2D eigenvalue weighted by Crippen LogP contribution is 2.31. The van der Waals surface area contributed by atoms with Crippen molar-refractivity contribution in [1.82, 2.24) is 9.36 Å². The molecule has 13 heteroatoms. The van der Waals surface area contributed by atoms with Gasteiger partial charge in [0.15, 0.2) is 29.8 Å². The third-order valence-electron chi connectivity index (χ3n) is 14.7. The second-order valence-electron chi connectivity index (χ2n) is 20.7. The molecule has 0 saturated heterocycles. The Balaban J connectivity index is 0.000000175. The monoisotopic (exact) mass is 1100 g/mol. The van der Waals surface area contributed by atoms with Crippen LogP contribution in [-0.2, 0) is 28.0 Å². The number of aromatic nitrogens is 2. The summed E-state index contributed by atoms with van der Waals surface area (Å²) in [6.45, 7) is 2.17. The van der Waals surface area contributed by atoms with Gasteiger partial charge in [-0.15, -0.1) is 0 Å². The van der Waals surface area contributed by atoms with Gasteiger partial charge in [-0.05, 0) is 176 Å². The largest absolute Gasteiger partial charge is 0.485 e. The summed E-state index contributed by atoms with van der Waals surface area (Å²) >= 11 is 0. The van der Waals surface area contributed by atoms with Crippen molar-refractivity contribution in [3.63, 3.8) is 0 Å². The molecule has 0 aliphatic heterocycles. The van der Waals surface area contributed by atoms with Crippen LogP contribution in [0.3, 0.4) is 0 Å². The number of rotatable bonds is 24. The molecule has 0 bridgehead atoms. The van der Waals surface area contributed by atoms with Gasteiger partial charge in [-0.1, -0.05) is 150 Å². The zero-order valence-corrected chi connectivity index (χ0v) is 46.8. The standard InChI is InChI=1S/C24H26O3.C23H26O4.C21H26N2O4/c25-24(26)23(18-15-20-9-5-2-6-10-20)27-22-16-13-21(14-17-22)12-11-19-7-3-1-4-8-19;24-23(25)22(16-15-18-9-3-1-4-10-18)27-21-14-8-7-13-20(21)26-17-19-11-5-2-6-12-19;1-15-19(20(24)23(22(15)2)17-11-7-4-8-12-17)27-18(21(25)26)14-13-16-9-5-3-6-10-16/h1,3-4,7-9,11-14,16-17,23H,2,5-6,10,15,18H2,(H,25,26);2,5-9,11-14,22H,1,3-4,10,15-17H2,(H,24,25);4,7-9,11-12,18H,3,5-6,10,13-14H2,1-2H3,(H,25,26)/b12-11+;;. The molecular formula is C68H78N2O11. The van der Waals surface area contributed by atoms with Crippen LogP contribution in [-0.4, -0.2) is 60.9 Å². The Morgan fingerprint density at radius 1 is 0.519 bits per heavy atom. The van der Waals surface area contributed by atoms with E-state index in [0.29, 0.717) is 60.9 Å². The lowest BCUT2D eigenvalue weighted by molar-refractivity contribution is -0.146. The Labute approximate surface area is 476 Å². The van der Waals surface area contributed by atoms with Crippen LogP contribution in [0.1, 0.15) is 138 Å². The van der Waals surface area contributed by atoms with Crippen molar-refractivity contribution in [2.24, 2.45) is 7.05 Å². The summed E-state index contributed by atoms with van der Waals surface area (Å²) in [5.74, 6) is -1.16. The molecule has 1 aromatic heterocycles. The molecule has 3 N–H and O–H groups in total. The van der Waals surface area contributed by atoms with Gasteiger partial charge in [0.1, 0.15) is 12.4 Å². The number of para-hydroxylation sites is 3. The second-order valence-corrected chi connectivity index (χ2v) is 20.7. The number of nitrogens with zero attached hydrogens (tertiary/aromatic N) is 2. The molecule has 6 aromatic rings. The maximum atomic E-state index is 12.9. The molecule has 0 saturated carbocycles. The van der Waals surface area contributed by atoms with Gasteiger partial charge in [-0.25, -0.2) is 19.1 Å². The number of hydrogen-bond donors (Lipinski definition) is 3. The minimum Gasteiger partial charge on any atom is -0.485 e. The minimum atomic E-state index is -1.04. The fourth-order valence-corrected chi connectivity index (χ4v) is 10.00. The molecule has 0 amide bonds. The van der Waals surface area contributed by atoms with Crippen molar-refractivity contribution < 1.29 is 48.7 Å². The number of ether oxygens (including phenoxy) is 4. The van der Waals surface area contributed by atoms with E-state index in [1.807, 2.05) is 140 Å². The average molecular weight is 1100 g/mol. The van der Waals surface area contributed by atoms with Gasteiger partial charge in [0.25, 0.3) is 0 Å². The van der Waals surface area contributed by atoms with E-state index in [4.69, 9.17) is 18.9 Å². The molecule has 3 unspecified atom stereocenters. The third kappa shape index (κ3) is 19.5. The van der Waals surface area contributed by atoms with E-state index in [1.165, 1.54) is 53.5 Å². The van der Waals surface area contributed by atoms with Crippen molar-refractivity contribution >= 4 is 30.1 Å². The topological polar surface area (TPSA) is 176 Å². The Bertz CT molecular complexity index is 3120. The molecule has 81 heavy (non-hydrogen) atoms. The van der Waals surface area contributed by atoms with Crippen LogP contribution in [0, 0.1) is 6.92 Å². The highest BCUT2D eigenvalue weighted by molar-refractivity contribution is 5.74. The van der Waals surface area contributed by atoms with E-state index in [9.17, 15) is 34.5 Å². The van der Waals surface area contributed by atoms with Gasteiger partial charge < -0.3 is 34.3 Å². The van der Waals surface area contributed by atoms with E-state index in [0.717, 1.165) is 74.5 Å². The Kier molecular flexibility index (Phi) is 23.9. The second kappa shape index (κ2) is 32.1. The molecule has 5 aromatic carbocycles. The molecule has 0 spiro atoms. The third-order valence-corrected chi connectivity index (χ3v) is 14.7. The zero-order valence-electron chi connectivity index (χ0n) is 46.8. The Hall–Kier alpha value is -8.32. The average Bonchev–Trinajstić information content (AvgIpc) is 4.02. The van der Waals surface area contributed by atoms with Crippen molar-refractivity contribution in [3.05, 3.63) is 207 Å². The number of benzene rings is 5. The highest BCUT2D eigenvalue weighted by Gasteiger charge is 2.27. The van der Waals surface area contributed by atoms with Crippen LogP contribution in [0.4, 0.5) is 0 Å². The number of allylic oxidation sites excluding steroid dienone is 6. The molecule has 0 fully saturated rings. The van der Waals surface area contributed by atoms with E-state index in [1.54, 1.807) is 30.8 Å². The van der Waals surface area contributed by atoms with Crippen LogP contribution in [0.5, 0.6) is 23.0 Å². The fourth-order valence-electron chi connectivity index (χ4n) is 10.00. The molecule has 3 aliphatic rings. The predicted octanol–water partition coefficient (Wildman–Crippen LogP) is 14.9. The van der Waals surface area contributed by atoms with E-state index in [-0.39, 0.29) is 11.3 Å². The first-order chi connectivity index (χ1) is 39.4. The number of hydrogen-bond acceptors (Lipinski definition) is 8. The molecule has 0 radical (unpaired) electrons. The van der Waals surface area contributed by atoms with Crippen LogP contribution in [0.2, 0.25) is 0 Å². The van der Waals surface area contributed by atoms with Gasteiger partial charge in [0.05, 0.1) is 11.4 Å². The number of aliphatic carboxylic acids is 3. The van der Waals surface area contributed by atoms with Crippen molar-refractivity contribution in [2.45, 2.75) is 147 Å². The van der Waals surface area contributed by atoms with Gasteiger partial charge in [0, 0.05) is 7.05 Å². The number of carboxylic acids is 3. The van der Waals surface area contributed by atoms with Gasteiger partial charge >= 0.3 is 23.5 Å². The van der Waals surface area contributed by atoms with Crippen molar-refractivity contribution in [3.8, 4) is 28.7 Å². The Morgan fingerprint density at radius 3 is 1.43 bits per heavy atom. The van der Waals surface area contributed by atoms with Crippen LogP contribution >= 0.6 is 0 Å². The normalized spacial score (nSPS) is 15.2. The van der Waals surface area contributed by atoms with E-state index in [2.05, 4.69) is 18.2 Å². The first-order valence-corrected chi connectivity index (χ1v) is 28.6. The fraction of sp³-hybridized carbons (Fsp3) is 0.353. The van der Waals surface area contributed by atoms with Crippen LogP contribution in [0.15, 0.2) is 179 Å². The molecule has 426 valence electrons. The van der Waals surface area contributed by atoms with Gasteiger partial charge in [-0.3, -0.25) is 9.48 Å². The van der Waals surface area contributed by atoms with Crippen LogP contribution in [0.25, 0.3) is 17.8 Å². The lowest BCUT2D eigenvalue weighted by atomic mass is 9.95. The van der Waals surface area contributed by atoms with Gasteiger partial charge in [-0.2, -0.15) is 0 Å². The number of carboxylic acid groups (broad SMARTS) is 3. The summed E-state index contributed by atoms with van der Waals surface area (Å²) in [7, 11) is 1.76. The number of carbonyl (C=O) groups is 3. The summed E-state index contributed by atoms with van der Waals surface area (Å²) in [4.78, 5) is 47.8. The summed E-state index contributed by atoms with van der Waals surface area (Å²) < 4.78 is 26.4. The summed E-state index contributed by atoms with van der Waals surface area (Å²) in [5, 5.41) is 28.6.